The third-order valence-electron chi connectivity index (χ3n) is 6.08. The second-order valence-electron chi connectivity index (χ2n) is 7.94. The van der Waals surface area contributed by atoms with E-state index in [1.54, 1.807) is 4.57 Å². The van der Waals surface area contributed by atoms with E-state index in [0.29, 0.717) is 30.9 Å². The van der Waals surface area contributed by atoms with Crippen molar-refractivity contribution in [3.05, 3.63) is 53.6 Å². The number of piperazine rings is 1. The molecule has 1 saturated heterocycles. The first-order valence-electron chi connectivity index (χ1n) is 10.5. The number of fused-ring (bicyclic) bond motifs is 1. The molecule has 1 fully saturated rings. The molecule has 0 aliphatic carbocycles. The van der Waals surface area contributed by atoms with E-state index in [9.17, 15) is 14.4 Å². The molecule has 0 bridgehead atoms. The van der Waals surface area contributed by atoms with Gasteiger partial charge in [0.05, 0.1) is 5.71 Å². The van der Waals surface area contributed by atoms with E-state index in [1.807, 2.05) is 36.3 Å². The summed E-state index contributed by atoms with van der Waals surface area (Å²) < 4.78 is 14.9. The number of nitrogens with zero attached hydrogens (tertiary/aromatic N) is 5. The molecule has 2 aliphatic rings. The maximum absolute atomic E-state index is 13.1. The fourth-order valence-corrected chi connectivity index (χ4v) is 4.34. The minimum absolute atomic E-state index is 0.00252. The fraction of sp³-hybridized carbons (Fsp3) is 0.455. The lowest BCUT2D eigenvalue weighted by molar-refractivity contribution is 0.0745. The summed E-state index contributed by atoms with van der Waals surface area (Å²) in [4.78, 5) is 19.6. The predicted molar refractivity (Wildman–Crippen MR) is 114 cm³/mol. The highest BCUT2D eigenvalue weighted by Crippen LogP contribution is 2.21. The third-order valence-corrected chi connectivity index (χ3v) is 6.08. The topological polar surface area (TPSA) is 64.3 Å². The molecule has 2 aliphatic heterocycles. The van der Waals surface area contributed by atoms with Crippen LogP contribution >= 0.6 is 0 Å². The molecule has 7 nitrogen and oxygen atoms in total. The molecule has 160 valence electrons. The van der Waals surface area contributed by atoms with Gasteiger partial charge in [-0.25, -0.2) is 4.39 Å². The van der Waals surface area contributed by atoms with Crippen molar-refractivity contribution in [3.8, 4) is 0 Å². The van der Waals surface area contributed by atoms with Crippen LogP contribution in [-0.2, 0) is 7.05 Å². The standard InChI is InChI=1S/C22H28FN5O2/c1-25-11-7-19-20(24-30)8-12-28(22(29)21(19)25)10-2-9-26-13-15-27(16-14-26)18-5-3-17(23)4-6-18/h3-7,11,30H,2,8-10,12-16H2,1H3/b24-20+. The molecule has 2 aromatic rings. The Morgan fingerprint density at radius 3 is 2.47 bits per heavy atom. The number of carbonyl (C=O) groups is 1. The summed E-state index contributed by atoms with van der Waals surface area (Å²) in [7, 11) is 1.84. The van der Waals surface area contributed by atoms with Crippen LogP contribution in [0.4, 0.5) is 10.1 Å². The average molecular weight is 413 g/mol. The Morgan fingerprint density at radius 1 is 1.03 bits per heavy atom. The molecule has 3 heterocycles. The van der Waals surface area contributed by atoms with E-state index in [-0.39, 0.29) is 11.7 Å². The Bertz CT molecular complexity index is 916. The van der Waals surface area contributed by atoms with Gasteiger partial charge in [0, 0.05) is 70.2 Å². The summed E-state index contributed by atoms with van der Waals surface area (Å²) in [5.41, 5.74) is 2.95. The highest BCUT2D eigenvalue weighted by atomic mass is 19.1. The Morgan fingerprint density at radius 2 is 1.77 bits per heavy atom. The molecule has 1 N–H and O–H groups in total. The number of benzene rings is 1. The van der Waals surface area contributed by atoms with E-state index in [0.717, 1.165) is 50.4 Å². The lowest BCUT2D eigenvalue weighted by atomic mass is 10.1. The Hall–Kier alpha value is -2.87. The normalized spacial score (nSPS) is 19.3. The van der Waals surface area contributed by atoms with Crippen LogP contribution in [0.5, 0.6) is 0 Å². The van der Waals surface area contributed by atoms with Crippen molar-refractivity contribution >= 4 is 17.3 Å². The molecule has 0 atom stereocenters. The van der Waals surface area contributed by atoms with Crippen molar-refractivity contribution in [2.24, 2.45) is 12.2 Å². The van der Waals surface area contributed by atoms with Gasteiger partial charge in [0.25, 0.3) is 5.91 Å². The summed E-state index contributed by atoms with van der Waals surface area (Å²) in [6.45, 7) is 5.91. The maximum Gasteiger partial charge on any atom is 0.271 e. The van der Waals surface area contributed by atoms with Gasteiger partial charge in [0.1, 0.15) is 11.5 Å². The number of halogens is 1. The lowest BCUT2D eigenvalue weighted by Gasteiger charge is -2.36. The Labute approximate surface area is 176 Å². The molecule has 30 heavy (non-hydrogen) atoms. The molecule has 1 aromatic carbocycles. The summed E-state index contributed by atoms with van der Waals surface area (Å²) in [6, 6.07) is 8.51. The van der Waals surface area contributed by atoms with Gasteiger partial charge < -0.3 is 19.6 Å². The van der Waals surface area contributed by atoms with Crippen LogP contribution in [0, 0.1) is 5.82 Å². The molecule has 8 heteroatoms. The molecule has 0 radical (unpaired) electrons. The number of rotatable bonds is 5. The summed E-state index contributed by atoms with van der Waals surface area (Å²) in [5, 5.41) is 12.7. The zero-order valence-electron chi connectivity index (χ0n) is 17.3. The third kappa shape index (κ3) is 4.18. The minimum atomic E-state index is -0.208. The van der Waals surface area contributed by atoms with E-state index >= 15 is 0 Å². The first-order chi connectivity index (χ1) is 14.6. The summed E-state index contributed by atoms with van der Waals surface area (Å²) in [5.74, 6) is -0.211. The number of anilines is 1. The van der Waals surface area contributed by atoms with Crippen LogP contribution in [-0.4, -0.2) is 77.0 Å². The Balaban J connectivity index is 1.28. The van der Waals surface area contributed by atoms with Crippen LogP contribution in [0.1, 0.15) is 28.9 Å². The van der Waals surface area contributed by atoms with Crippen LogP contribution in [0.15, 0.2) is 41.7 Å². The molecule has 1 aromatic heterocycles. The van der Waals surface area contributed by atoms with Gasteiger partial charge in [-0.1, -0.05) is 5.16 Å². The minimum Gasteiger partial charge on any atom is -0.411 e. The van der Waals surface area contributed by atoms with Crippen LogP contribution in [0.3, 0.4) is 0 Å². The average Bonchev–Trinajstić information content (AvgIpc) is 3.08. The molecular formula is C22H28FN5O2. The van der Waals surface area contributed by atoms with Gasteiger partial charge in [-0.15, -0.1) is 0 Å². The van der Waals surface area contributed by atoms with Gasteiger partial charge in [0.15, 0.2) is 0 Å². The number of oxime groups is 1. The van der Waals surface area contributed by atoms with Gasteiger partial charge in [-0.3, -0.25) is 9.69 Å². The first kappa shape index (κ1) is 20.4. The Kier molecular flexibility index (Phi) is 6.03. The fourth-order valence-electron chi connectivity index (χ4n) is 4.34. The maximum atomic E-state index is 13.1. The van der Waals surface area contributed by atoms with Gasteiger partial charge in [0.2, 0.25) is 0 Å². The molecule has 4 rings (SSSR count). The van der Waals surface area contributed by atoms with Crippen molar-refractivity contribution in [3.63, 3.8) is 0 Å². The number of hydrogen-bond donors (Lipinski definition) is 1. The second kappa shape index (κ2) is 8.87. The van der Waals surface area contributed by atoms with E-state index in [4.69, 9.17) is 0 Å². The molecule has 0 spiro atoms. The first-order valence-corrected chi connectivity index (χ1v) is 10.5. The lowest BCUT2D eigenvalue weighted by Crippen LogP contribution is -2.47. The number of aryl methyl sites for hydroxylation is 1. The van der Waals surface area contributed by atoms with Crippen LogP contribution in [0.2, 0.25) is 0 Å². The van der Waals surface area contributed by atoms with Crippen LogP contribution < -0.4 is 4.90 Å². The molecular weight excluding hydrogens is 385 g/mol. The smallest absolute Gasteiger partial charge is 0.271 e. The van der Waals surface area contributed by atoms with E-state index in [2.05, 4.69) is 15.0 Å². The largest absolute Gasteiger partial charge is 0.411 e. The zero-order valence-corrected chi connectivity index (χ0v) is 17.3. The zero-order chi connectivity index (χ0) is 21.1. The summed E-state index contributed by atoms with van der Waals surface area (Å²) >= 11 is 0. The molecule has 0 saturated carbocycles. The van der Waals surface area contributed by atoms with Crippen molar-refractivity contribution in [1.29, 1.82) is 0 Å². The number of amides is 1. The SMILES string of the molecule is Cn1ccc2c1C(=O)N(CCCN1CCN(c3ccc(F)cc3)CC1)CC/C2=N\O. The summed E-state index contributed by atoms with van der Waals surface area (Å²) in [6.07, 6.45) is 3.28. The number of aromatic nitrogens is 1. The second-order valence-corrected chi connectivity index (χ2v) is 7.94. The highest BCUT2D eigenvalue weighted by molar-refractivity contribution is 6.11. The number of hydrogen-bond acceptors (Lipinski definition) is 5. The monoisotopic (exact) mass is 413 g/mol. The van der Waals surface area contributed by atoms with Crippen LogP contribution in [0.25, 0.3) is 0 Å². The van der Waals surface area contributed by atoms with Gasteiger partial charge in [-0.05, 0) is 43.3 Å². The van der Waals surface area contributed by atoms with Crippen molar-refractivity contribution in [1.82, 2.24) is 14.4 Å². The van der Waals surface area contributed by atoms with Gasteiger partial charge in [-0.2, -0.15) is 0 Å². The predicted octanol–water partition coefficient (Wildman–Crippen LogP) is 2.40. The highest BCUT2D eigenvalue weighted by Gasteiger charge is 2.28. The van der Waals surface area contributed by atoms with Crippen molar-refractivity contribution in [2.45, 2.75) is 12.8 Å². The molecule has 0 unspecified atom stereocenters. The van der Waals surface area contributed by atoms with E-state index < -0.39 is 0 Å². The van der Waals surface area contributed by atoms with Crippen molar-refractivity contribution in [2.75, 3.05) is 50.7 Å². The number of carbonyl (C=O) groups excluding carboxylic acids is 1. The van der Waals surface area contributed by atoms with Crippen molar-refractivity contribution < 1.29 is 14.4 Å². The van der Waals surface area contributed by atoms with Gasteiger partial charge >= 0.3 is 0 Å². The quantitative estimate of drug-likeness (QED) is 0.604. The van der Waals surface area contributed by atoms with E-state index in [1.165, 1.54) is 12.1 Å². The molecule has 1 amide bonds.